The number of nitrogens with one attached hydrogen (secondary N) is 2. The van der Waals surface area contributed by atoms with Crippen molar-refractivity contribution < 1.29 is 19.5 Å². The summed E-state index contributed by atoms with van der Waals surface area (Å²) in [5.41, 5.74) is 6.43. The second-order valence-corrected chi connectivity index (χ2v) is 8.50. The highest BCUT2D eigenvalue weighted by molar-refractivity contribution is 6.07. The molecule has 0 aliphatic carbocycles. The van der Waals surface area contributed by atoms with E-state index in [2.05, 4.69) is 5.32 Å². The number of carboxylic acids is 1. The van der Waals surface area contributed by atoms with Crippen LogP contribution in [0.5, 0.6) is 0 Å². The minimum atomic E-state index is -1.23. The first-order chi connectivity index (χ1) is 16.3. The molecule has 3 aromatic rings. The van der Waals surface area contributed by atoms with Gasteiger partial charge >= 0.3 is 12.0 Å². The number of hydrogen-bond donors (Lipinski definition) is 4. The molecule has 1 fully saturated rings. The second-order valence-electron chi connectivity index (χ2n) is 8.50. The lowest BCUT2D eigenvalue weighted by molar-refractivity contribution is -0.137. The van der Waals surface area contributed by atoms with Crippen molar-refractivity contribution in [2.45, 2.75) is 37.8 Å². The fourth-order valence-electron chi connectivity index (χ4n) is 4.41. The fraction of sp³-hybridized carbons (Fsp3) is 0.231. The van der Waals surface area contributed by atoms with Crippen molar-refractivity contribution in [2.75, 3.05) is 0 Å². The topological polar surface area (TPSA) is 137 Å². The van der Waals surface area contributed by atoms with Gasteiger partial charge in [0.25, 0.3) is 5.91 Å². The van der Waals surface area contributed by atoms with Crippen LogP contribution in [0.15, 0.2) is 66.7 Å². The molecule has 0 spiro atoms. The lowest BCUT2D eigenvalue weighted by atomic mass is 9.84. The van der Waals surface area contributed by atoms with Crippen LogP contribution in [0.1, 0.15) is 42.4 Å². The molecule has 0 radical (unpaired) electrons. The van der Waals surface area contributed by atoms with Gasteiger partial charge in [-0.25, -0.2) is 4.79 Å². The van der Waals surface area contributed by atoms with Crippen molar-refractivity contribution in [3.63, 3.8) is 0 Å². The Hall–Kier alpha value is -4.20. The van der Waals surface area contributed by atoms with Crippen LogP contribution in [0.3, 0.4) is 0 Å². The Balaban J connectivity index is 1.61. The van der Waals surface area contributed by atoms with Gasteiger partial charge in [0, 0.05) is 12.0 Å². The van der Waals surface area contributed by atoms with Crippen molar-refractivity contribution in [1.82, 2.24) is 10.2 Å². The number of benzene rings is 3. The Kier molecular flexibility index (Phi) is 6.32. The number of amides is 3. The summed E-state index contributed by atoms with van der Waals surface area (Å²) < 4.78 is 0. The smallest absolute Gasteiger partial charge is 0.325 e. The second kappa shape index (κ2) is 9.35. The van der Waals surface area contributed by atoms with E-state index >= 15 is 0 Å². The molecule has 1 unspecified atom stereocenters. The summed E-state index contributed by atoms with van der Waals surface area (Å²) in [6, 6.07) is 19.7. The molecule has 1 heterocycles. The van der Waals surface area contributed by atoms with E-state index in [4.69, 9.17) is 16.2 Å². The number of nitrogen functional groups attached to an aromatic ring is 1. The van der Waals surface area contributed by atoms with Gasteiger partial charge < -0.3 is 16.2 Å². The zero-order valence-electron chi connectivity index (χ0n) is 18.6. The molecule has 1 aliphatic rings. The molecule has 8 heteroatoms. The number of carbonyl (C=O) groups is 3. The maximum absolute atomic E-state index is 13.7. The number of carbonyl (C=O) groups excluding carboxylic acids is 2. The van der Waals surface area contributed by atoms with Crippen LogP contribution < -0.4 is 11.1 Å². The van der Waals surface area contributed by atoms with E-state index in [0.717, 1.165) is 16.3 Å². The zero-order chi connectivity index (χ0) is 24.3. The Bertz CT molecular complexity index is 1270. The number of carboxylic acid groups (broad SMARTS) is 1. The first kappa shape index (κ1) is 23.0. The van der Waals surface area contributed by atoms with E-state index < -0.39 is 17.5 Å². The minimum absolute atomic E-state index is 0.00998. The van der Waals surface area contributed by atoms with Crippen LogP contribution >= 0.6 is 0 Å². The van der Waals surface area contributed by atoms with Gasteiger partial charge in [0.15, 0.2) is 0 Å². The molecule has 34 heavy (non-hydrogen) atoms. The van der Waals surface area contributed by atoms with Crippen LogP contribution in [0, 0.1) is 5.41 Å². The van der Waals surface area contributed by atoms with Crippen molar-refractivity contribution in [1.29, 1.82) is 5.41 Å². The van der Waals surface area contributed by atoms with Crippen LogP contribution in [0.2, 0.25) is 0 Å². The molecule has 174 valence electrons. The van der Waals surface area contributed by atoms with Crippen LogP contribution in [-0.2, 0) is 21.7 Å². The number of aliphatic carboxylic acids is 1. The number of rotatable bonds is 9. The van der Waals surface area contributed by atoms with Crippen LogP contribution in [-0.4, -0.2) is 33.7 Å². The Morgan fingerprint density at radius 2 is 1.74 bits per heavy atom. The lowest BCUT2D eigenvalue weighted by Crippen LogP contribution is -2.44. The minimum Gasteiger partial charge on any atom is -0.481 e. The maximum Gasteiger partial charge on any atom is 0.325 e. The molecule has 8 nitrogen and oxygen atoms in total. The number of nitrogens with zero attached hydrogens (tertiary/aromatic N) is 1. The molecule has 3 aromatic carbocycles. The third-order valence-corrected chi connectivity index (χ3v) is 6.19. The summed E-state index contributed by atoms with van der Waals surface area (Å²) in [5, 5.41) is 21.3. The summed E-state index contributed by atoms with van der Waals surface area (Å²) in [6.45, 7) is 0.0919. The summed E-state index contributed by atoms with van der Waals surface area (Å²) in [5.74, 6) is -1.27. The summed E-state index contributed by atoms with van der Waals surface area (Å²) in [7, 11) is 0. The molecule has 4 rings (SSSR count). The number of amidine groups is 1. The molecular weight excluding hydrogens is 432 g/mol. The molecule has 0 aromatic heterocycles. The molecule has 1 aliphatic heterocycles. The van der Waals surface area contributed by atoms with E-state index in [1.807, 2.05) is 48.5 Å². The quantitative estimate of drug-likeness (QED) is 0.168. The molecule has 3 amide bonds. The van der Waals surface area contributed by atoms with Gasteiger partial charge in [0.2, 0.25) is 0 Å². The van der Waals surface area contributed by atoms with E-state index in [1.54, 1.807) is 18.2 Å². The predicted octanol–water partition coefficient (Wildman–Crippen LogP) is 3.72. The van der Waals surface area contributed by atoms with Gasteiger partial charge in [-0.15, -0.1) is 0 Å². The van der Waals surface area contributed by atoms with Gasteiger partial charge in [-0.3, -0.25) is 19.9 Å². The molecule has 1 atom stereocenters. The standard InChI is InChI=1S/C26H26N4O4/c27-23(28)19-12-11-18-10-9-17(14-20(18)15-19)16-30-24(33)26(29-25(30)34,13-5-4-8-22(31)32)21-6-2-1-3-7-21/h1-3,6-7,9-12,14-15H,4-5,8,13,16H2,(H3,27,28)(H,29,34)(H,31,32). The number of nitrogens with two attached hydrogens (primary N) is 1. The lowest BCUT2D eigenvalue weighted by Gasteiger charge is -2.27. The monoisotopic (exact) mass is 458 g/mol. The predicted molar refractivity (Wildman–Crippen MR) is 128 cm³/mol. The summed E-state index contributed by atoms with van der Waals surface area (Å²) in [4.78, 5) is 38.8. The fourth-order valence-corrected chi connectivity index (χ4v) is 4.41. The Morgan fingerprint density at radius 3 is 2.44 bits per heavy atom. The van der Waals surface area contributed by atoms with E-state index in [9.17, 15) is 14.4 Å². The molecule has 0 bridgehead atoms. The van der Waals surface area contributed by atoms with Gasteiger partial charge in [-0.1, -0.05) is 54.6 Å². The molecule has 1 saturated heterocycles. The zero-order valence-corrected chi connectivity index (χ0v) is 18.6. The number of hydrogen-bond acceptors (Lipinski definition) is 4. The van der Waals surface area contributed by atoms with Gasteiger partial charge in [-0.2, -0.15) is 0 Å². The van der Waals surface area contributed by atoms with E-state index in [1.165, 1.54) is 4.90 Å². The highest BCUT2D eigenvalue weighted by Gasteiger charge is 2.51. The third kappa shape index (κ3) is 4.47. The summed E-state index contributed by atoms with van der Waals surface area (Å²) >= 11 is 0. The van der Waals surface area contributed by atoms with Crippen molar-refractivity contribution >= 4 is 34.5 Å². The first-order valence-corrected chi connectivity index (χ1v) is 11.1. The average molecular weight is 459 g/mol. The highest BCUT2D eigenvalue weighted by Crippen LogP contribution is 2.35. The van der Waals surface area contributed by atoms with Crippen LogP contribution in [0.4, 0.5) is 4.79 Å². The number of imide groups is 1. The number of urea groups is 1. The normalized spacial score (nSPS) is 17.7. The van der Waals surface area contributed by atoms with Crippen LogP contribution in [0.25, 0.3) is 10.8 Å². The van der Waals surface area contributed by atoms with Crippen molar-refractivity contribution in [2.24, 2.45) is 5.73 Å². The number of unbranched alkanes of at least 4 members (excludes halogenated alkanes) is 1. The maximum atomic E-state index is 13.7. The highest BCUT2D eigenvalue weighted by atomic mass is 16.4. The average Bonchev–Trinajstić information content (AvgIpc) is 3.07. The number of fused-ring (bicyclic) bond motifs is 1. The third-order valence-electron chi connectivity index (χ3n) is 6.19. The Labute approximate surface area is 196 Å². The summed E-state index contributed by atoms with van der Waals surface area (Å²) in [6.07, 6.45) is 1.21. The first-order valence-electron chi connectivity index (χ1n) is 11.1. The Morgan fingerprint density at radius 1 is 1.00 bits per heavy atom. The van der Waals surface area contributed by atoms with Gasteiger partial charge in [0.05, 0.1) is 6.54 Å². The SMILES string of the molecule is N=C(N)c1ccc2ccc(CN3C(=O)NC(CCCCC(=O)O)(c4ccccc4)C3=O)cc2c1. The largest absolute Gasteiger partial charge is 0.481 e. The van der Waals surface area contributed by atoms with Gasteiger partial charge in [-0.05, 0) is 53.3 Å². The van der Waals surface area contributed by atoms with E-state index in [-0.39, 0.29) is 24.7 Å². The molecule has 5 N–H and O–H groups in total. The van der Waals surface area contributed by atoms with Crippen molar-refractivity contribution in [3.05, 3.63) is 83.4 Å². The van der Waals surface area contributed by atoms with Crippen molar-refractivity contribution in [3.8, 4) is 0 Å². The molecular formula is C26H26N4O4. The molecule has 0 saturated carbocycles. The van der Waals surface area contributed by atoms with E-state index in [0.29, 0.717) is 30.4 Å². The van der Waals surface area contributed by atoms with Gasteiger partial charge in [0.1, 0.15) is 11.4 Å².